The fourth-order valence-corrected chi connectivity index (χ4v) is 2.57. The second-order valence-electron chi connectivity index (χ2n) is 7.94. The number of hydrogen-bond donors (Lipinski definition) is 0. The van der Waals surface area contributed by atoms with Crippen LogP contribution in [-0.2, 0) is 9.47 Å². The van der Waals surface area contributed by atoms with Crippen molar-refractivity contribution >= 4 is 0 Å². The van der Waals surface area contributed by atoms with Gasteiger partial charge in [0.15, 0.2) is 5.79 Å². The topological polar surface area (TPSA) is 18.5 Å². The first kappa shape index (κ1) is 28.7. The molecule has 8 heteroatoms. The van der Waals surface area contributed by atoms with Crippen LogP contribution in [0.1, 0.15) is 73.1 Å². The zero-order valence-corrected chi connectivity index (χ0v) is 18.5. The smallest absolute Gasteiger partial charge is 0.341 e. The largest absolute Gasteiger partial charge is 0.411 e. The highest BCUT2D eigenvalue weighted by atomic mass is 19.4. The molecule has 0 aromatic carbocycles. The van der Waals surface area contributed by atoms with E-state index in [0.717, 1.165) is 38.2 Å². The summed E-state index contributed by atoms with van der Waals surface area (Å²) in [5.41, 5.74) is 3.58. The molecule has 0 aromatic heterocycles. The molecule has 2 nitrogen and oxygen atoms in total. The van der Waals surface area contributed by atoms with E-state index in [9.17, 15) is 26.3 Å². The Bertz CT molecular complexity index is 563. The van der Waals surface area contributed by atoms with Crippen molar-refractivity contribution in [2.24, 2.45) is 0 Å². The summed E-state index contributed by atoms with van der Waals surface area (Å²) < 4.78 is 83.7. The van der Waals surface area contributed by atoms with Crippen LogP contribution < -0.4 is 0 Å². The van der Waals surface area contributed by atoms with Crippen molar-refractivity contribution < 1.29 is 35.8 Å². The van der Waals surface area contributed by atoms with Crippen molar-refractivity contribution in [2.75, 3.05) is 13.2 Å². The van der Waals surface area contributed by atoms with E-state index in [1.165, 1.54) is 11.1 Å². The Hall–Kier alpha value is -1.28. The Kier molecular flexibility index (Phi) is 12.6. The molecule has 0 saturated carbocycles. The van der Waals surface area contributed by atoms with Crippen LogP contribution in [0, 0.1) is 0 Å². The molecule has 0 unspecified atom stereocenters. The van der Waals surface area contributed by atoms with E-state index in [4.69, 9.17) is 0 Å². The van der Waals surface area contributed by atoms with Crippen molar-refractivity contribution in [3.63, 3.8) is 0 Å². The molecule has 0 radical (unpaired) electrons. The maximum absolute atomic E-state index is 12.4. The Labute approximate surface area is 176 Å². The molecule has 0 fully saturated rings. The molecule has 0 saturated heterocycles. The van der Waals surface area contributed by atoms with E-state index in [-0.39, 0.29) is 12.8 Å². The van der Waals surface area contributed by atoms with Gasteiger partial charge in [0, 0.05) is 6.42 Å². The number of hydrogen-bond acceptors (Lipinski definition) is 2. The molecule has 0 aliphatic rings. The summed E-state index contributed by atoms with van der Waals surface area (Å²) >= 11 is 0. The molecule has 0 aliphatic carbocycles. The van der Waals surface area contributed by atoms with Gasteiger partial charge in [-0.1, -0.05) is 34.9 Å². The lowest BCUT2D eigenvalue weighted by atomic mass is 10.0. The van der Waals surface area contributed by atoms with E-state index in [0.29, 0.717) is 0 Å². The van der Waals surface area contributed by atoms with Gasteiger partial charge in [-0.15, -0.1) is 0 Å². The second-order valence-corrected chi connectivity index (χ2v) is 7.94. The molecule has 0 N–H and O–H groups in total. The van der Waals surface area contributed by atoms with Gasteiger partial charge in [-0.2, -0.15) is 26.3 Å². The summed E-state index contributed by atoms with van der Waals surface area (Å²) in [4.78, 5) is 0. The maximum atomic E-state index is 12.4. The molecule has 0 bridgehead atoms. The monoisotopic (exact) mass is 444 g/mol. The van der Waals surface area contributed by atoms with Crippen LogP contribution in [0.15, 0.2) is 34.9 Å². The highest BCUT2D eigenvalue weighted by Gasteiger charge is 2.38. The first-order chi connectivity index (χ1) is 13.6. The van der Waals surface area contributed by atoms with Crippen molar-refractivity contribution in [2.45, 2.75) is 91.3 Å². The molecule has 0 rings (SSSR count). The molecule has 176 valence electrons. The van der Waals surface area contributed by atoms with Gasteiger partial charge in [0.1, 0.15) is 13.2 Å². The van der Waals surface area contributed by atoms with Gasteiger partial charge < -0.3 is 9.47 Å². The number of halogens is 6. The molecule has 0 aromatic rings. The van der Waals surface area contributed by atoms with Crippen molar-refractivity contribution in [1.82, 2.24) is 0 Å². The lowest BCUT2D eigenvalue weighted by Crippen LogP contribution is -2.39. The molecular weight excluding hydrogens is 410 g/mol. The van der Waals surface area contributed by atoms with Gasteiger partial charge in [0.25, 0.3) is 0 Å². The lowest BCUT2D eigenvalue weighted by molar-refractivity contribution is -0.305. The average Bonchev–Trinajstić information content (AvgIpc) is 2.57. The van der Waals surface area contributed by atoms with Gasteiger partial charge in [0.2, 0.25) is 0 Å². The fourth-order valence-electron chi connectivity index (χ4n) is 2.57. The first-order valence-corrected chi connectivity index (χ1v) is 9.98. The fraction of sp³-hybridized carbons (Fsp3) is 0.727. The zero-order valence-electron chi connectivity index (χ0n) is 18.5. The van der Waals surface area contributed by atoms with Gasteiger partial charge in [-0.05, 0) is 66.7 Å². The van der Waals surface area contributed by atoms with Crippen LogP contribution in [-0.4, -0.2) is 31.4 Å². The Morgan fingerprint density at radius 1 is 0.667 bits per heavy atom. The Morgan fingerprint density at radius 2 is 1.07 bits per heavy atom. The van der Waals surface area contributed by atoms with Crippen LogP contribution in [0.25, 0.3) is 0 Å². The minimum atomic E-state index is -4.65. The minimum Gasteiger partial charge on any atom is -0.341 e. The van der Waals surface area contributed by atoms with Gasteiger partial charge in [-0.3, -0.25) is 0 Å². The molecule has 0 amide bonds. The molecule has 0 atom stereocenters. The van der Waals surface area contributed by atoms with Gasteiger partial charge in [0.05, 0.1) is 0 Å². The summed E-state index contributed by atoms with van der Waals surface area (Å²) in [7, 11) is 0. The maximum Gasteiger partial charge on any atom is 0.411 e. The predicted molar refractivity (Wildman–Crippen MR) is 107 cm³/mol. The molecule has 30 heavy (non-hydrogen) atoms. The lowest BCUT2D eigenvalue weighted by Gasteiger charge is -2.30. The number of rotatable bonds is 13. The number of ether oxygens (including phenoxy) is 2. The Balaban J connectivity index is 4.62. The van der Waals surface area contributed by atoms with Crippen LogP contribution in [0.2, 0.25) is 0 Å². The molecular formula is C22H34F6O2. The van der Waals surface area contributed by atoms with Crippen molar-refractivity contribution in [3.8, 4) is 0 Å². The van der Waals surface area contributed by atoms with Crippen molar-refractivity contribution in [1.29, 1.82) is 0 Å². The normalized spacial score (nSPS) is 14.2. The molecule has 0 spiro atoms. The summed E-state index contributed by atoms with van der Waals surface area (Å²) in [6.07, 6.45) is 0.551. The third-order valence-electron chi connectivity index (χ3n) is 4.30. The molecule has 0 aliphatic heterocycles. The third-order valence-corrected chi connectivity index (χ3v) is 4.30. The van der Waals surface area contributed by atoms with E-state index in [2.05, 4.69) is 42.4 Å². The quantitative estimate of drug-likeness (QED) is 0.162. The van der Waals surface area contributed by atoms with E-state index in [1.807, 2.05) is 6.92 Å². The van der Waals surface area contributed by atoms with Gasteiger partial charge in [-0.25, -0.2) is 0 Å². The van der Waals surface area contributed by atoms with Crippen LogP contribution >= 0.6 is 0 Å². The van der Waals surface area contributed by atoms with E-state index >= 15 is 0 Å². The van der Waals surface area contributed by atoms with Crippen LogP contribution in [0.3, 0.4) is 0 Å². The zero-order chi connectivity index (χ0) is 23.4. The molecule has 0 heterocycles. The second kappa shape index (κ2) is 13.2. The SMILES string of the molecule is CC(C)=CCC/C(C)=C\CC/C(C)=C\CCC(C)(OCC(F)(F)F)OCC(F)(F)F. The average molecular weight is 445 g/mol. The summed E-state index contributed by atoms with van der Waals surface area (Å²) in [5, 5.41) is 0. The Morgan fingerprint density at radius 3 is 1.47 bits per heavy atom. The standard InChI is InChI=1S/C22H34F6O2/c1-17(2)9-6-10-18(3)11-7-12-19(4)13-8-14-20(5,29-15-21(23,24)25)30-16-22(26,27)28/h9,11,13H,6-8,10,12,14-16H2,1-5H3/b18-11-,19-13-. The third kappa shape index (κ3) is 17.6. The first-order valence-electron chi connectivity index (χ1n) is 9.98. The van der Waals surface area contributed by atoms with E-state index < -0.39 is 31.4 Å². The summed E-state index contributed by atoms with van der Waals surface area (Å²) in [6, 6.07) is 0. The van der Waals surface area contributed by atoms with Crippen LogP contribution in [0.5, 0.6) is 0 Å². The highest BCUT2D eigenvalue weighted by Crippen LogP contribution is 2.28. The van der Waals surface area contributed by atoms with Crippen LogP contribution in [0.4, 0.5) is 26.3 Å². The minimum absolute atomic E-state index is 0.117. The summed E-state index contributed by atoms with van der Waals surface area (Å²) in [5.74, 6) is -1.97. The number of allylic oxidation sites excluding steroid dienone is 6. The predicted octanol–water partition coefficient (Wildman–Crippen LogP) is 8.06. The summed E-state index contributed by atoms with van der Waals surface area (Å²) in [6.45, 7) is 5.84. The van der Waals surface area contributed by atoms with Gasteiger partial charge >= 0.3 is 12.4 Å². The highest BCUT2D eigenvalue weighted by molar-refractivity contribution is 5.05. The van der Waals surface area contributed by atoms with E-state index in [1.54, 1.807) is 6.08 Å². The van der Waals surface area contributed by atoms with Crippen molar-refractivity contribution in [3.05, 3.63) is 34.9 Å². The number of alkyl halides is 6.